The van der Waals surface area contributed by atoms with Crippen LogP contribution in [0.3, 0.4) is 0 Å². The van der Waals surface area contributed by atoms with E-state index in [2.05, 4.69) is 20.2 Å². The van der Waals surface area contributed by atoms with Crippen molar-refractivity contribution >= 4 is 27.6 Å². The van der Waals surface area contributed by atoms with Crippen molar-refractivity contribution < 1.29 is 18.0 Å². The minimum atomic E-state index is -4.42. The molecule has 0 saturated carbocycles. The van der Waals surface area contributed by atoms with Crippen LogP contribution in [-0.2, 0) is 0 Å². The average Bonchev–Trinajstić information content (AvgIpc) is 3.28. The highest BCUT2D eigenvalue weighted by Gasteiger charge is 2.64. The van der Waals surface area contributed by atoms with Crippen molar-refractivity contribution in [1.29, 1.82) is 0 Å². The van der Waals surface area contributed by atoms with Crippen molar-refractivity contribution in [2.45, 2.75) is 38.0 Å². The van der Waals surface area contributed by atoms with Crippen LogP contribution in [0, 0.1) is 12.8 Å². The standard InChI is InChI=1S/C16H16F3N5OS/c1-9-21-12-6-11(8-20-13(12)26-9)14(25)24-4-2-10(3-5-24)7-15(22-23-15)16(17,18)19/h6,8,10H,2-5,7H2,1H3. The van der Waals surface area contributed by atoms with Gasteiger partial charge in [-0.1, -0.05) is 11.3 Å². The molecular weight excluding hydrogens is 367 g/mol. The van der Waals surface area contributed by atoms with Gasteiger partial charge in [-0.25, -0.2) is 9.97 Å². The first kappa shape index (κ1) is 17.3. The Hall–Kier alpha value is -2.10. The molecule has 1 amide bonds. The number of amides is 1. The lowest BCUT2D eigenvalue weighted by Crippen LogP contribution is -2.41. The Morgan fingerprint density at radius 2 is 2.04 bits per heavy atom. The number of halogens is 3. The molecule has 26 heavy (non-hydrogen) atoms. The summed E-state index contributed by atoms with van der Waals surface area (Å²) in [5.74, 6) is -0.299. The van der Waals surface area contributed by atoms with Crippen LogP contribution in [0.25, 0.3) is 10.3 Å². The Morgan fingerprint density at radius 3 is 2.65 bits per heavy atom. The molecule has 0 atom stereocenters. The maximum Gasteiger partial charge on any atom is 0.437 e. The molecular formula is C16H16F3N5OS. The Bertz CT molecular complexity index is 880. The second kappa shape index (κ2) is 5.97. The largest absolute Gasteiger partial charge is 0.437 e. The molecule has 2 aromatic rings. The number of hydrogen-bond donors (Lipinski definition) is 0. The Morgan fingerprint density at radius 1 is 1.35 bits per heavy atom. The van der Waals surface area contributed by atoms with Gasteiger partial charge in [-0.3, -0.25) is 4.79 Å². The minimum absolute atomic E-state index is 0.121. The van der Waals surface area contributed by atoms with Crippen molar-refractivity contribution in [3.8, 4) is 0 Å². The molecule has 4 rings (SSSR count). The first-order valence-corrected chi connectivity index (χ1v) is 9.12. The van der Waals surface area contributed by atoms with Crippen LogP contribution in [0.5, 0.6) is 0 Å². The van der Waals surface area contributed by atoms with Crippen LogP contribution in [0.4, 0.5) is 13.2 Å². The van der Waals surface area contributed by atoms with E-state index in [0.717, 1.165) is 9.84 Å². The summed E-state index contributed by atoms with van der Waals surface area (Å²) in [4.78, 5) is 23.7. The molecule has 0 aromatic carbocycles. The quantitative estimate of drug-likeness (QED) is 0.805. The number of aromatic nitrogens is 2. The number of carbonyl (C=O) groups is 1. The van der Waals surface area contributed by atoms with Crippen LogP contribution in [0.2, 0.25) is 0 Å². The Labute approximate surface area is 151 Å². The number of piperidine rings is 1. The molecule has 4 heterocycles. The fraction of sp³-hybridized carbons (Fsp3) is 0.562. The fourth-order valence-electron chi connectivity index (χ4n) is 3.35. The van der Waals surface area contributed by atoms with Crippen molar-refractivity contribution in [3.63, 3.8) is 0 Å². The van der Waals surface area contributed by atoms with Gasteiger partial charge in [-0.05, 0) is 31.7 Å². The van der Waals surface area contributed by atoms with Crippen LogP contribution in [0.15, 0.2) is 22.5 Å². The van der Waals surface area contributed by atoms with Gasteiger partial charge in [0.25, 0.3) is 11.6 Å². The normalized spacial score (nSPS) is 19.9. The lowest BCUT2D eigenvalue weighted by molar-refractivity contribution is -0.168. The van der Waals surface area contributed by atoms with E-state index in [1.807, 2.05) is 6.92 Å². The number of alkyl halides is 3. The monoisotopic (exact) mass is 383 g/mol. The highest BCUT2D eigenvalue weighted by atomic mass is 32.1. The summed E-state index contributed by atoms with van der Waals surface area (Å²) in [6, 6.07) is 1.72. The predicted molar refractivity (Wildman–Crippen MR) is 89.0 cm³/mol. The average molecular weight is 383 g/mol. The maximum absolute atomic E-state index is 12.9. The SMILES string of the molecule is Cc1nc2cc(C(=O)N3CCC(CC4(C(F)(F)F)N=N4)CC3)cnc2s1. The van der Waals surface area contributed by atoms with Gasteiger partial charge in [0.05, 0.1) is 10.6 Å². The smallest absolute Gasteiger partial charge is 0.339 e. The first-order valence-electron chi connectivity index (χ1n) is 8.31. The fourth-order valence-corrected chi connectivity index (χ4v) is 4.08. The summed E-state index contributed by atoms with van der Waals surface area (Å²) < 4.78 is 38.8. The van der Waals surface area contributed by atoms with Crippen LogP contribution >= 0.6 is 11.3 Å². The van der Waals surface area contributed by atoms with Gasteiger partial charge in [-0.2, -0.15) is 13.2 Å². The summed E-state index contributed by atoms with van der Waals surface area (Å²) >= 11 is 1.46. The molecule has 0 unspecified atom stereocenters. The summed E-state index contributed by atoms with van der Waals surface area (Å²) in [6.07, 6.45) is -1.98. The lowest BCUT2D eigenvalue weighted by atomic mass is 9.88. The van der Waals surface area contributed by atoms with Gasteiger partial charge in [0.1, 0.15) is 10.3 Å². The molecule has 1 saturated heterocycles. The number of fused-ring (bicyclic) bond motifs is 1. The third-order valence-corrected chi connectivity index (χ3v) is 5.77. The molecule has 6 nitrogen and oxygen atoms in total. The van der Waals surface area contributed by atoms with Crippen molar-refractivity contribution in [2.24, 2.45) is 16.1 Å². The number of rotatable bonds is 3. The number of pyridine rings is 1. The zero-order valence-electron chi connectivity index (χ0n) is 14.0. The third kappa shape index (κ3) is 3.06. The van der Waals surface area contributed by atoms with Gasteiger partial charge in [0, 0.05) is 25.7 Å². The lowest BCUT2D eigenvalue weighted by Gasteiger charge is -2.33. The third-order valence-electron chi connectivity index (χ3n) is 4.87. The molecule has 2 aliphatic rings. The molecule has 2 aliphatic heterocycles. The van der Waals surface area contributed by atoms with Gasteiger partial charge >= 0.3 is 6.18 Å². The topological polar surface area (TPSA) is 70.8 Å². The van der Waals surface area contributed by atoms with Gasteiger partial charge in [0.2, 0.25) is 0 Å². The van der Waals surface area contributed by atoms with Gasteiger partial charge in [-0.15, -0.1) is 10.2 Å². The van der Waals surface area contributed by atoms with Gasteiger partial charge < -0.3 is 4.90 Å². The first-order chi connectivity index (χ1) is 12.3. The van der Waals surface area contributed by atoms with Crippen LogP contribution in [-0.4, -0.2) is 45.7 Å². The van der Waals surface area contributed by atoms with Crippen molar-refractivity contribution in [2.75, 3.05) is 13.1 Å². The predicted octanol–water partition coefficient (Wildman–Crippen LogP) is 3.97. The van der Waals surface area contributed by atoms with Crippen LogP contribution < -0.4 is 0 Å². The van der Waals surface area contributed by atoms with E-state index in [4.69, 9.17) is 0 Å². The highest BCUT2D eigenvalue weighted by Crippen LogP contribution is 2.49. The van der Waals surface area contributed by atoms with Crippen molar-refractivity contribution in [1.82, 2.24) is 14.9 Å². The maximum atomic E-state index is 12.9. The number of aryl methyl sites for hydroxylation is 1. The number of nitrogens with zero attached hydrogens (tertiary/aromatic N) is 5. The number of thiazole rings is 1. The number of carbonyl (C=O) groups excluding carboxylic acids is 1. The second-order valence-electron chi connectivity index (χ2n) is 6.74. The zero-order valence-corrected chi connectivity index (χ0v) is 14.8. The highest BCUT2D eigenvalue weighted by molar-refractivity contribution is 7.18. The molecule has 1 fully saturated rings. The van der Waals surface area contributed by atoms with E-state index in [1.165, 1.54) is 17.5 Å². The molecule has 0 radical (unpaired) electrons. The molecule has 138 valence electrons. The second-order valence-corrected chi connectivity index (χ2v) is 7.92. The molecule has 0 N–H and O–H groups in total. The molecule has 0 aliphatic carbocycles. The van der Waals surface area contributed by atoms with Crippen molar-refractivity contribution in [3.05, 3.63) is 22.8 Å². The minimum Gasteiger partial charge on any atom is -0.339 e. The summed E-state index contributed by atoms with van der Waals surface area (Å²) in [5.41, 5.74) is -1.04. The van der Waals surface area contributed by atoms with E-state index in [-0.39, 0.29) is 18.2 Å². The summed E-state index contributed by atoms with van der Waals surface area (Å²) in [7, 11) is 0. The van der Waals surface area contributed by atoms with Crippen LogP contribution in [0.1, 0.15) is 34.6 Å². The molecule has 0 spiro atoms. The summed E-state index contributed by atoms with van der Waals surface area (Å²) in [6.45, 7) is 2.72. The van der Waals surface area contributed by atoms with E-state index >= 15 is 0 Å². The van der Waals surface area contributed by atoms with E-state index in [1.54, 1.807) is 11.0 Å². The van der Waals surface area contributed by atoms with E-state index in [9.17, 15) is 18.0 Å². The summed E-state index contributed by atoms with van der Waals surface area (Å²) in [5, 5.41) is 7.36. The van der Waals surface area contributed by atoms with Gasteiger partial charge in [0.15, 0.2) is 0 Å². The number of likely N-dealkylation sites (tertiary alicyclic amines) is 1. The van der Waals surface area contributed by atoms with E-state index < -0.39 is 11.8 Å². The van der Waals surface area contributed by atoms with E-state index in [0.29, 0.717) is 37.0 Å². The molecule has 10 heteroatoms. The Kier molecular flexibility index (Phi) is 3.98. The molecule has 2 aromatic heterocycles. The zero-order chi connectivity index (χ0) is 18.5. The number of hydrogen-bond acceptors (Lipinski definition) is 6. The Balaban J connectivity index is 1.38. The molecule has 0 bridgehead atoms.